The molecule has 1 unspecified atom stereocenters. The molecule has 0 aliphatic heterocycles. The van der Waals surface area contributed by atoms with Crippen molar-refractivity contribution in [1.82, 2.24) is 4.98 Å². The second kappa shape index (κ2) is 8.59. The van der Waals surface area contributed by atoms with Crippen LogP contribution in [0.2, 0.25) is 0 Å². The lowest BCUT2D eigenvalue weighted by molar-refractivity contribution is 0.674. The lowest BCUT2D eigenvalue weighted by Gasteiger charge is -2.22. The molecule has 1 nitrogen and oxygen atoms in total. The number of fused-ring (bicyclic) bond motifs is 3. The summed E-state index contributed by atoms with van der Waals surface area (Å²) >= 11 is 1.95. The fraction of sp³-hybridized carbons (Fsp3) is 0.345. The first kappa shape index (κ1) is 20.5. The average Bonchev–Trinajstić information content (AvgIpc) is 3.15. The number of benzene rings is 2. The molecule has 31 heavy (non-hydrogen) atoms. The highest BCUT2D eigenvalue weighted by atomic mass is 32.1. The monoisotopic (exact) mass is 425 g/mol. The third-order valence-electron chi connectivity index (χ3n) is 6.87. The van der Waals surface area contributed by atoms with E-state index in [-0.39, 0.29) is 0 Å². The highest BCUT2D eigenvalue weighted by molar-refractivity contribution is 7.19. The molecule has 2 aromatic carbocycles. The van der Waals surface area contributed by atoms with Crippen LogP contribution in [0.15, 0.2) is 54.6 Å². The van der Waals surface area contributed by atoms with Crippen LogP contribution in [0.5, 0.6) is 0 Å². The Hall–Kier alpha value is -2.45. The summed E-state index contributed by atoms with van der Waals surface area (Å²) in [5, 5.41) is 1.45. The Morgan fingerprint density at radius 1 is 0.935 bits per heavy atom. The largest absolute Gasteiger partial charge is 0.242 e. The maximum Gasteiger partial charge on any atom is 0.124 e. The normalized spacial score (nSPS) is 14.5. The molecule has 1 atom stereocenters. The van der Waals surface area contributed by atoms with Crippen molar-refractivity contribution in [3.05, 3.63) is 87.4 Å². The maximum atomic E-state index is 5.18. The van der Waals surface area contributed by atoms with Crippen LogP contribution in [0.1, 0.15) is 64.9 Å². The summed E-state index contributed by atoms with van der Waals surface area (Å²) in [6.07, 6.45) is 7.30. The minimum absolute atomic E-state index is 0.465. The van der Waals surface area contributed by atoms with E-state index in [2.05, 4.69) is 75.4 Å². The first-order chi connectivity index (χ1) is 15.1. The van der Waals surface area contributed by atoms with Gasteiger partial charge in [0.25, 0.3) is 0 Å². The van der Waals surface area contributed by atoms with E-state index in [9.17, 15) is 0 Å². The standard InChI is InChI=1S/C29H31NS/c1-19-13-17-23(18-14-19)27-26(20(2)15-16-22-9-5-4-6-10-22)21(3)30-29-28(27)24-11-7-8-12-25(24)31-29/h4-6,9-10,13-14,17-18,20H,7-8,11-12,15-16H2,1-3H3. The molecule has 1 aliphatic carbocycles. The Morgan fingerprint density at radius 2 is 1.68 bits per heavy atom. The van der Waals surface area contributed by atoms with Crippen LogP contribution < -0.4 is 0 Å². The fourth-order valence-electron chi connectivity index (χ4n) is 5.21. The summed E-state index contributed by atoms with van der Waals surface area (Å²) in [5.74, 6) is 0.465. The van der Waals surface area contributed by atoms with Crippen molar-refractivity contribution in [1.29, 1.82) is 0 Å². The zero-order chi connectivity index (χ0) is 21.4. The molecule has 0 spiro atoms. The molecule has 0 N–H and O–H groups in total. The molecule has 1 aliphatic rings. The van der Waals surface area contributed by atoms with Gasteiger partial charge in [0.05, 0.1) is 0 Å². The zero-order valence-corrected chi connectivity index (χ0v) is 19.7. The van der Waals surface area contributed by atoms with Gasteiger partial charge < -0.3 is 0 Å². The van der Waals surface area contributed by atoms with E-state index >= 15 is 0 Å². The Bertz CT molecular complexity index is 1200. The molecule has 2 heteroatoms. The molecule has 0 saturated carbocycles. The molecule has 0 saturated heterocycles. The Labute approximate surface area is 190 Å². The quantitative estimate of drug-likeness (QED) is 0.314. The predicted molar refractivity (Wildman–Crippen MR) is 134 cm³/mol. The number of pyridine rings is 1. The number of aryl methyl sites for hydroxylation is 5. The number of rotatable bonds is 5. The van der Waals surface area contributed by atoms with Crippen molar-refractivity contribution in [3.8, 4) is 11.1 Å². The minimum atomic E-state index is 0.465. The highest BCUT2D eigenvalue weighted by Gasteiger charge is 2.25. The van der Waals surface area contributed by atoms with Crippen molar-refractivity contribution < 1.29 is 0 Å². The van der Waals surface area contributed by atoms with Gasteiger partial charge in [-0.1, -0.05) is 67.1 Å². The molecule has 158 valence electrons. The van der Waals surface area contributed by atoms with E-state index < -0.39 is 0 Å². The van der Waals surface area contributed by atoms with Crippen molar-refractivity contribution in [2.75, 3.05) is 0 Å². The maximum absolute atomic E-state index is 5.18. The highest BCUT2D eigenvalue weighted by Crippen LogP contribution is 2.45. The number of hydrogen-bond acceptors (Lipinski definition) is 2. The van der Waals surface area contributed by atoms with E-state index in [4.69, 9.17) is 4.98 Å². The van der Waals surface area contributed by atoms with E-state index in [0.29, 0.717) is 5.92 Å². The lowest BCUT2D eigenvalue weighted by Crippen LogP contribution is -2.06. The third-order valence-corrected chi connectivity index (χ3v) is 8.06. The summed E-state index contributed by atoms with van der Waals surface area (Å²) in [6, 6.07) is 20.1. The first-order valence-electron chi connectivity index (χ1n) is 11.7. The lowest BCUT2D eigenvalue weighted by atomic mass is 9.83. The Balaban J connectivity index is 1.66. The van der Waals surface area contributed by atoms with Gasteiger partial charge in [-0.3, -0.25) is 0 Å². The first-order valence-corrected chi connectivity index (χ1v) is 12.5. The molecule has 0 radical (unpaired) electrons. The second-order valence-corrected chi connectivity index (χ2v) is 10.3. The minimum Gasteiger partial charge on any atom is -0.242 e. The van der Waals surface area contributed by atoms with Crippen molar-refractivity contribution >= 4 is 21.6 Å². The van der Waals surface area contributed by atoms with E-state index in [1.54, 1.807) is 10.4 Å². The summed E-state index contributed by atoms with van der Waals surface area (Å²) < 4.78 is 0. The van der Waals surface area contributed by atoms with E-state index in [1.165, 1.54) is 69.4 Å². The molecule has 2 aromatic heterocycles. The van der Waals surface area contributed by atoms with Crippen LogP contribution in [-0.2, 0) is 19.3 Å². The third kappa shape index (κ3) is 3.94. The van der Waals surface area contributed by atoms with Gasteiger partial charge in [-0.05, 0) is 86.1 Å². The average molecular weight is 426 g/mol. The fourth-order valence-corrected chi connectivity index (χ4v) is 6.53. The van der Waals surface area contributed by atoms with Gasteiger partial charge in [-0.2, -0.15) is 0 Å². The molecule has 5 rings (SSSR count). The summed E-state index contributed by atoms with van der Waals surface area (Å²) in [4.78, 5) is 8.01. The second-order valence-electron chi connectivity index (χ2n) is 9.17. The number of aromatic nitrogens is 1. The molecule has 0 fully saturated rings. The van der Waals surface area contributed by atoms with E-state index in [1.807, 2.05) is 11.3 Å². The van der Waals surface area contributed by atoms with Gasteiger partial charge in [-0.25, -0.2) is 4.98 Å². The van der Waals surface area contributed by atoms with Crippen LogP contribution in [0.4, 0.5) is 0 Å². The van der Waals surface area contributed by atoms with Crippen molar-refractivity contribution in [3.63, 3.8) is 0 Å². The smallest absolute Gasteiger partial charge is 0.124 e. The Kier molecular flexibility index (Phi) is 5.67. The molecular formula is C29H31NS. The van der Waals surface area contributed by atoms with Crippen LogP contribution in [0.3, 0.4) is 0 Å². The summed E-state index contributed by atoms with van der Waals surface area (Å²) in [6.45, 7) is 6.80. The molecule has 0 amide bonds. The topological polar surface area (TPSA) is 12.9 Å². The molecular weight excluding hydrogens is 394 g/mol. The van der Waals surface area contributed by atoms with Gasteiger partial charge in [0.2, 0.25) is 0 Å². The zero-order valence-electron chi connectivity index (χ0n) is 18.9. The van der Waals surface area contributed by atoms with Crippen LogP contribution in [-0.4, -0.2) is 4.98 Å². The number of nitrogens with zero attached hydrogens (tertiary/aromatic N) is 1. The van der Waals surface area contributed by atoms with Crippen molar-refractivity contribution in [2.24, 2.45) is 0 Å². The molecule has 2 heterocycles. The molecule has 0 bridgehead atoms. The van der Waals surface area contributed by atoms with Crippen LogP contribution >= 0.6 is 11.3 Å². The predicted octanol–water partition coefficient (Wildman–Crippen LogP) is 8.20. The van der Waals surface area contributed by atoms with E-state index in [0.717, 1.165) is 12.8 Å². The van der Waals surface area contributed by atoms with Gasteiger partial charge in [0.15, 0.2) is 0 Å². The summed E-state index contributed by atoms with van der Waals surface area (Å²) in [5.41, 5.74) is 9.81. The van der Waals surface area contributed by atoms with Gasteiger partial charge >= 0.3 is 0 Å². The Morgan fingerprint density at radius 3 is 2.45 bits per heavy atom. The molecule has 4 aromatic rings. The van der Waals surface area contributed by atoms with Crippen molar-refractivity contribution in [2.45, 2.75) is 65.2 Å². The SMILES string of the molecule is Cc1ccc(-c2c(C(C)CCc3ccccc3)c(C)nc3sc4c(c23)CCCC4)cc1. The van der Waals surface area contributed by atoms with Gasteiger partial charge in [0.1, 0.15) is 4.83 Å². The number of thiophene rings is 1. The van der Waals surface area contributed by atoms with Crippen LogP contribution in [0, 0.1) is 13.8 Å². The van der Waals surface area contributed by atoms with Crippen LogP contribution in [0.25, 0.3) is 21.3 Å². The number of hydrogen-bond donors (Lipinski definition) is 0. The summed E-state index contributed by atoms with van der Waals surface area (Å²) in [7, 11) is 0. The van der Waals surface area contributed by atoms with Gasteiger partial charge in [0, 0.05) is 16.0 Å². The van der Waals surface area contributed by atoms with Gasteiger partial charge in [-0.15, -0.1) is 11.3 Å².